The SMILES string of the molecule is Cc1cc(F)c(C2CC(=O)OC2=O)c(F)c1. The first-order valence-electron chi connectivity index (χ1n) is 4.69. The molecule has 1 heterocycles. The highest BCUT2D eigenvalue weighted by Crippen LogP contribution is 2.31. The lowest BCUT2D eigenvalue weighted by molar-refractivity contribution is -0.152. The summed E-state index contributed by atoms with van der Waals surface area (Å²) < 4.78 is 31.3. The van der Waals surface area contributed by atoms with Crippen molar-refractivity contribution in [1.29, 1.82) is 0 Å². The molecule has 1 saturated heterocycles. The Labute approximate surface area is 90.0 Å². The number of rotatable bonds is 1. The average Bonchev–Trinajstić information content (AvgIpc) is 2.43. The van der Waals surface area contributed by atoms with Gasteiger partial charge in [-0.3, -0.25) is 9.59 Å². The number of carbonyl (C=O) groups is 2. The normalized spacial score (nSPS) is 20.1. The van der Waals surface area contributed by atoms with Crippen molar-refractivity contribution < 1.29 is 23.1 Å². The summed E-state index contributed by atoms with van der Waals surface area (Å²) in [5, 5.41) is 0. The number of esters is 2. The fraction of sp³-hybridized carbons (Fsp3) is 0.273. The maximum absolute atomic E-state index is 13.5. The first-order valence-corrected chi connectivity index (χ1v) is 4.69. The first kappa shape index (κ1) is 10.7. The summed E-state index contributed by atoms with van der Waals surface area (Å²) >= 11 is 0. The van der Waals surface area contributed by atoms with E-state index in [-0.39, 0.29) is 12.0 Å². The highest BCUT2D eigenvalue weighted by molar-refractivity contribution is 5.97. The molecule has 1 aliphatic rings. The van der Waals surface area contributed by atoms with Crippen LogP contribution >= 0.6 is 0 Å². The van der Waals surface area contributed by atoms with Gasteiger partial charge >= 0.3 is 11.9 Å². The van der Waals surface area contributed by atoms with Gasteiger partial charge in [0.2, 0.25) is 0 Å². The van der Waals surface area contributed by atoms with Gasteiger partial charge in [0.05, 0.1) is 12.3 Å². The molecule has 1 fully saturated rings. The minimum Gasteiger partial charge on any atom is -0.393 e. The molecule has 0 N–H and O–H groups in total. The van der Waals surface area contributed by atoms with Crippen LogP contribution in [0.2, 0.25) is 0 Å². The minimum atomic E-state index is -1.16. The molecule has 1 aliphatic heterocycles. The quantitative estimate of drug-likeness (QED) is 0.542. The Hall–Kier alpha value is -1.78. The van der Waals surface area contributed by atoms with Gasteiger partial charge in [0.15, 0.2) is 0 Å². The van der Waals surface area contributed by atoms with Crippen molar-refractivity contribution >= 4 is 11.9 Å². The lowest BCUT2D eigenvalue weighted by atomic mass is 9.95. The number of benzene rings is 1. The van der Waals surface area contributed by atoms with Crippen molar-refractivity contribution in [1.82, 2.24) is 0 Å². The van der Waals surface area contributed by atoms with Crippen LogP contribution in [0, 0.1) is 18.6 Å². The molecule has 1 aromatic carbocycles. The molecule has 3 nitrogen and oxygen atoms in total. The highest BCUT2D eigenvalue weighted by atomic mass is 19.1. The van der Waals surface area contributed by atoms with E-state index in [1.807, 2.05) is 0 Å². The molecule has 1 unspecified atom stereocenters. The van der Waals surface area contributed by atoms with Gasteiger partial charge in [-0.2, -0.15) is 0 Å². The van der Waals surface area contributed by atoms with Crippen LogP contribution in [-0.4, -0.2) is 11.9 Å². The van der Waals surface area contributed by atoms with Crippen LogP contribution < -0.4 is 0 Å². The number of ether oxygens (including phenoxy) is 1. The molecule has 2 rings (SSSR count). The molecular weight excluding hydrogens is 218 g/mol. The molecule has 5 heteroatoms. The second-order valence-electron chi connectivity index (χ2n) is 3.69. The topological polar surface area (TPSA) is 43.4 Å². The van der Waals surface area contributed by atoms with E-state index in [1.54, 1.807) is 0 Å². The van der Waals surface area contributed by atoms with Crippen molar-refractivity contribution in [2.75, 3.05) is 0 Å². The van der Waals surface area contributed by atoms with Crippen LogP contribution in [0.5, 0.6) is 0 Å². The molecule has 84 valence electrons. The molecule has 0 bridgehead atoms. The van der Waals surface area contributed by atoms with Gasteiger partial charge in [-0.05, 0) is 24.6 Å². The fourth-order valence-corrected chi connectivity index (χ4v) is 1.74. The van der Waals surface area contributed by atoms with Gasteiger partial charge in [0.1, 0.15) is 11.6 Å². The smallest absolute Gasteiger partial charge is 0.321 e. The Bertz CT molecular complexity index is 459. The highest BCUT2D eigenvalue weighted by Gasteiger charge is 2.38. The summed E-state index contributed by atoms with van der Waals surface area (Å²) in [6, 6.07) is 2.24. The third kappa shape index (κ3) is 1.68. The van der Waals surface area contributed by atoms with Gasteiger partial charge in [0, 0.05) is 5.56 Å². The number of hydrogen-bond acceptors (Lipinski definition) is 3. The molecule has 0 amide bonds. The molecule has 0 aromatic heterocycles. The molecular formula is C11H8F2O3. The Balaban J connectivity index is 2.48. The average molecular weight is 226 g/mol. The predicted octanol–water partition coefficient (Wildman–Crippen LogP) is 1.83. The molecule has 1 atom stereocenters. The second-order valence-corrected chi connectivity index (χ2v) is 3.69. The monoisotopic (exact) mass is 226 g/mol. The van der Waals surface area contributed by atoms with E-state index in [0.717, 1.165) is 12.1 Å². The van der Waals surface area contributed by atoms with E-state index < -0.39 is 29.5 Å². The zero-order valence-electron chi connectivity index (χ0n) is 8.42. The maximum atomic E-state index is 13.5. The van der Waals surface area contributed by atoms with E-state index in [4.69, 9.17) is 0 Å². The second kappa shape index (κ2) is 3.66. The summed E-state index contributed by atoms with van der Waals surface area (Å²) in [7, 11) is 0. The van der Waals surface area contributed by atoms with E-state index in [2.05, 4.69) is 4.74 Å². The third-order valence-electron chi connectivity index (χ3n) is 2.44. The summed E-state index contributed by atoms with van der Waals surface area (Å²) in [6.07, 6.45) is -0.310. The number of halogens is 2. The molecule has 0 saturated carbocycles. The molecule has 16 heavy (non-hydrogen) atoms. The standard InChI is InChI=1S/C11H8F2O3/c1-5-2-7(12)10(8(13)3-5)6-4-9(14)16-11(6)15/h2-3,6H,4H2,1H3. The number of hydrogen-bond donors (Lipinski definition) is 0. The number of aryl methyl sites for hydroxylation is 1. The van der Waals surface area contributed by atoms with Gasteiger partial charge in [-0.15, -0.1) is 0 Å². The maximum Gasteiger partial charge on any atom is 0.321 e. The predicted molar refractivity (Wildman–Crippen MR) is 49.6 cm³/mol. The van der Waals surface area contributed by atoms with Crippen molar-refractivity contribution in [2.45, 2.75) is 19.3 Å². The van der Waals surface area contributed by atoms with Crippen LogP contribution in [0.25, 0.3) is 0 Å². The lowest BCUT2D eigenvalue weighted by Crippen LogP contribution is -2.10. The van der Waals surface area contributed by atoms with Crippen molar-refractivity contribution in [2.24, 2.45) is 0 Å². The summed E-state index contributed by atoms with van der Waals surface area (Å²) in [6.45, 7) is 1.54. The molecule has 0 spiro atoms. The van der Waals surface area contributed by atoms with Gasteiger partial charge < -0.3 is 4.74 Å². The largest absolute Gasteiger partial charge is 0.393 e. The molecule has 0 radical (unpaired) electrons. The third-order valence-corrected chi connectivity index (χ3v) is 2.44. The molecule has 1 aromatic rings. The zero-order chi connectivity index (χ0) is 11.9. The zero-order valence-corrected chi connectivity index (χ0v) is 8.42. The summed E-state index contributed by atoms with van der Waals surface area (Å²) in [5.74, 6) is -4.46. The van der Waals surface area contributed by atoms with Crippen LogP contribution in [0.1, 0.15) is 23.5 Å². The van der Waals surface area contributed by atoms with Crippen LogP contribution in [0.4, 0.5) is 8.78 Å². The Morgan fingerprint density at radius 3 is 2.25 bits per heavy atom. The van der Waals surface area contributed by atoms with Gasteiger partial charge in [-0.1, -0.05) is 0 Å². The van der Waals surface area contributed by atoms with E-state index in [0.29, 0.717) is 5.56 Å². The summed E-state index contributed by atoms with van der Waals surface area (Å²) in [5.41, 5.74) is 0.0258. The first-order chi connectivity index (χ1) is 7.49. The number of cyclic esters (lactones) is 2. The lowest BCUT2D eigenvalue weighted by Gasteiger charge is -2.08. The van der Waals surface area contributed by atoms with Crippen molar-refractivity contribution in [3.05, 3.63) is 34.9 Å². The van der Waals surface area contributed by atoms with E-state index in [1.165, 1.54) is 6.92 Å². The van der Waals surface area contributed by atoms with Gasteiger partial charge in [-0.25, -0.2) is 8.78 Å². The van der Waals surface area contributed by atoms with Crippen molar-refractivity contribution in [3.8, 4) is 0 Å². The fourth-order valence-electron chi connectivity index (χ4n) is 1.74. The van der Waals surface area contributed by atoms with Crippen LogP contribution in [0.15, 0.2) is 12.1 Å². The van der Waals surface area contributed by atoms with Crippen molar-refractivity contribution in [3.63, 3.8) is 0 Å². The van der Waals surface area contributed by atoms with E-state index >= 15 is 0 Å². The van der Waals surface area contributed by atoms with Crippen LogP contribution in [-0.2, 0) is 14.3 Å². The minimum absolute atomic E-state index is 0.310. The van der Waals surface area contributed by atoms with Crippen LogP contribution in [0.3, 0.4) is 0 Å². The Morgan fingerprint density at radius 1 is 1.25 bits per heavy atom. The Morgan fingerprint density at radius 2 is 1.81 bits per heavy atom. The Kier molecular flexibility index (Phi) is 2.46. The number of carbonyl (C=O) groups excluding carboxylic acids is 2. The van der Waals surface area contributed by atoms with Gasteiger partial charge in [0.25, 0.3) is 0 Å². The molecule has 0 aliphatic carbocycles. The van der Waals surface area contributed by atoms with E-state index in [9.17, 15) is 18.4 Å². The summed E-state index contributed by atoms with van der Waals surface area (Å²) in [4.78, 5) is 22.0.